The number of carboxylic acid groups (broad SMARTS) is 1. The van der Waals surface area contributed by atoms with Crippen molar-refractivity contribution in [3.63, 3.8) is 0 Å². The molecule has 0 aliphatic heterocycles. The van der Waals surface area contributed by atoms with Gasteiger partial charge in [-0.2, -0.15) is 0 Å². The highest BCUT2D eigenvalue weighted by Gasteiger charge is 2.17. The molecule has 2 aromatic heterocycles. The van der Waals surface area contributed by atoms with Gasteiger partial charge in [-0.15, -0.1) is 5.10 Å². The normalized spacial score (nSPS) is 10.4. The zero-order valence-electron chi connectivity index (χ0n) is 9.37. The van der Waals surface area contributed by atoms with Gasteiger partial charge in [0.25, 0.3) is 0 Å². The minimum Gasteiger partial charge on any atom is -0.476 e. The van der Waals surface area contributed by atoms with E-state index in [0.29, 0.717) is 18.7 Å². The van der Waals surface area contributed by atoms with Crippen LogP contribution in [0.15, 0.2) is 24.4 Å². The zero-order valence-corrected chi connectivity index (χ0v) is 9.37. The molecule has 17 heavy (non-hydrogen) atoms. The number of aromatic carboxylic acids is 1. The SMILES string of the molecule is CCc1c(C(=O)O)nnn1Cc1ccccn1. The van der Waals surface area contributed by atoms with Gasteiger partial charge in [0.05, 0.1) is 17.9 Å². The number of rotatable bonds is 4. The maximum absolute atomic E-state index is 10.9. The van der Waals surface area contributed by atoms with Gasteiger partial charge in [0.15, 0.2) is 5.69 Å². The summed E-state index contributed by atoms with van der Waals surface area (Å²) in [4.78, 5) is 15.1. The highest BCUT2D eigenvalue weighted by molar-refractivity contribution is 5.86. The second kappa shape index (κ2) is 4.73. The number of nitrogens with zero attached hydrogens (tertiary/aromatic N) is 4. The Morgan fingerprint density at radius 3 is 2.88 bits per heavy atom. The van der Waals surface area contributed by atoms with Crippen molar-refractivity contribution in [1.29, 1.82) is 0 Å². The molecule has 0 aliphatic rings. The Balaban J connectivity index is 2.31. The third kappa shape index (κ3) is 2.30. The number of hydrogen-bond donors (Lipinski definition) is 1. The van der Waals surface area contributed by atoms with Crippen molar-refractivity contribution in [1.82, 2.24) is 20.0 Å². The molecule has 0 amide bonds. The monoisotopic (exact) mass is 232 g/mol. The van der Waals surface area contributed by atoms with Gasteiger partial charge in [0.1, 0.15) is 0 Å². The Morgan fingerprint density at radius 1 is 1.47 bits per heavy atom. The van der Waals surface area contributed by atoms with E-state index in [2.05, 4.69) is 15.3 Å². The van der Waals surface area contributed by atoms with Crippen LogP contribution < -0.4 is 0 Å². The van der Waals surface area contributed by atoms with Crippen molar-refractivity contribution in [3.8, 4) is 0 Å². The highest BCUT2D eigenvalue weighted by Crippen LogP contribution is 2.08. The lowest BCUT2D eigenvalue weighted by Crippen LogP contribution is -2.09. The molecule has 1 N–H and O–H groups in total. The van der Waals surface area contributed by atoms with Crippen LogP contribution in [0, 0.1) is 0 Å². The molecular formula is C11H12N4O2. The van der Waals surface area contributed by atoms with E-state index < -0.39 is 5.97 Å². The van der Waals surface area contributed by atoms with E-state index >= 15 is 0 Å². The second-order valence-electron chi connectivity index (χ2n) is 3.52. The first-order valence-corrected chi connectivity index (χ1v) is 5.28. The quantitative estimate of drug-likeness (QED) is 0.849. The summed E-state index contributed by atoms with van der Waals surface area (Å²) in [6.07, 6.45) is 2.26. The summed E-state index contributed by atoms with van der Waals surface area (Å²) in [5, 5.41) is 16.5. The lowest BCUT2D eigenvalue weighted by atomic mass is 10.2. The van der Waals surface area contributed by atoms with Crippen LogP contribution in [0.3, 0.4) is 0 Å². The average molecular weight is 232 g/mol. The largest absolute Gasteiger partial charge is 0.476 e. The van der Waals surface area contributed by atoms with E-state index in [9.17, 15) is 4.79 Å². The number of aromatic nitrogens is 4. The van der Waals surface area contributed by atoms with Gasteiger partial charge >= 0.3 is 5.97 Å². The molecule has 0 aliphatic carbocycles. The molecule has 88 valence electrons. The Kier molecular flexibility index (Phi) is 3.13. The maximum atomic E-state index is 10.9. The maximum Gasteiger partial charge on any atom is 0.358 e. The molecule has 0 spiro atoms. The van der Waals surface area contributed by atoms with Crippen molar-refractivity contribution in [2.75, 3.05) is 0 Å². The number of carbonyl (C=O) groups is 1. The van der Waals surface area contributed by atoms with E-state index in [4.69, 9.17) is 5.11 Å². The van der Waals surface area contributed by atoms with Crippen molar-refractivity contribution < 1.29 is 9.90 Å². The molecule has 0 bridgehead atoms. The highest BCUT2D eigenvalue weighted by atomic mass is 16.4. The van der Waals surface area contributed by atoms with Crippen molar-refractivity contribution in [2.45, 2.75) is 19.9 Å². The summed E-state index contributed by atoms with van der Waals surface area (Å²) >= 11 is 0. The lowest BCUT2D eigenvalue weighted by molar-refractivity contribution is 0.0689. The molecule has 2 aromatic rings. The van der Waals surface area contributed by atoms with E-state index in [1.54, 1.807) is 10.9 Å². The molecule has 2 heterocycles. The zero-order chi connectivity index (χ0) is 12.3. The average Bonchev–Trinajstić information content (AvgIpc) is 2.73. The molecule has 0 saturated heterocycles. The number of pyridine rings is 1. The Bertz CT molecular complexity index is 522. The van der Waals surface area contributed by atoms with Crippen LogP contribution in [0.4, 0.5) is 0 Å². The third-order valence-electron chi connectivity index (χ3n) is 2.41. The van der Waals surface area contributed by atoms with Gasteiger partial charge < -0.3 is 5.11 Å². The smallest absolute Gasteiger partial charge is 0.358 e. The predicted octanol–water partition coefficient (Wildman–Crippen LogP) is 0.982. The van der Waals surface area contributed by atoms with E-state index in [1.807, 2.05) is 25.1 Å². The first-order chi connectivity index (χ1) is 8.22. The van der Waals surface area contributed by atoms with Gasteiger partial charge in [0, 0.05) is 6.20 Å². The second-order valence-corrected chi connectivity index (χ2v) is 3.52. The molecule has 0 saturated carbocycles. The van der Waals surface area contributed by atoms with Crippen molar-refractivity contribution in [2.24, 2.45) is 0 Å². The molecule has 0 aromatic carbocycles. The Hall–Kier alpha value is -2.24. The summed E-state index contributed by atoms with van der Waals surface area (Å²) < 4.78 is 1.58. The van der Waals surface area contributed by atoms with Gasteiger partial charge in [-0.25, -0.2) is 9.48 Å². The fourth-order valence-corrected chi connectivity index (χ4v) is 1.62. The fourth-order valence-electron chi connectivity index (χ4n) is 1.62. The molecular weight excluding hydrogens is 220 g/mol. The number of hydrogen-bond acceptors (Lipinski definition) is 4. The summed E-state index contributed by atoms with van der Waals surface area (Å²) in [6, 6.07) is 5.57. The van der Waals surface area contributed by atoms with Gasteiger partial charge in [-0.1, -0.05) is 18.2 Å². The summed E-state index contributed by atoms with van der Waals surface area (Å²) in [6.45, 7) is 2.31. The molecule has 0 unspecified atom stereocenters. The summed E-state index contributed by atoms with van der Waals surface area (Å²) in [7, 11) is 0. The molecule has 0 atom stereocenters. The van der Waals surface area contributed by atoms with E-state index in [-0.39, 0.29) is 5.69 Å². The van der Waals surface area contributed by atoms with E-state index in [0.717, 1.165) is 5.69 Å². The third-order valence-corrected chi connectivity index (χ3v) is 2.41. The van der Waals surface area contributed by atoms with Gasteiger partial charge in [0.2, 0.25) is 0 Å². The predicted molar refractivity (Wildman–Crippen MR) is 59.7 cm³/mol. The molecule has 0 radical (unpaired) electrons. The first-order valence-electron chi connectivity index (χ1n) is 5.28. The summed E-state index contributed by atoms with van der Waals surface area (Å²) in [5.74, 6) is -1.05. The Labute approximate surface area is 97.9 Å². The standard InChI is InChI=1S/C11H12N4O2/c1-2-9-10(11(16)17)13-14-15(9)7-8-5-3-4-6-12-8/h3-6H,2,7H2,1H3,(H,16,17). The van der Waals surface area contributed by atoms with Crippen LogP contribution in [0.25, 0.3) is 0 Å². The summed E-state index contributed by atoms with van der Waals surface area (Å²) in [5.41, 5.74) is 1.45. The number of carboxylic acids is 1. The van der Waals surface area contributed by atoms with Crippen molar-refractivity contribution >= 4 is 5.97 Å². The Morgan fingerprint density at radius 2 is 2.29 bits per heavy atom. The van der Waals surface area contributed by atoms with Crippen molar-refractivity contribution in [3.05, 3.63) is 41.5 Å². The molecule has 6 nitrogen and oxygen atoms in total. The topological polar surface area (TPSA) is 80.9 Å². The van der Waals surface area contributed by atoms with Crippen LogP contribution >= 0.6 is 0 Å². The van der Waals surface area contributed by atoms with Crippen LogP contribution in [-0.4, -0.2) is 31.1 Å². The van der Waals surface area contributed by atoms with E-state index in [1.165, 1.54) is 0 Å². The van der Waals surface area contributed by atoms with Crippen LogP contribution in [0.5, 0.6) is 0 Å². The molecule has 2 rings (SSSR count). The minimum absolute atomic E-state index is 0.0171. The van der Waals surface area contributed by atoms with Gasteiger partial charge in [-0.05, 0) is 18.6 Å². The minimum atomic E-state index is -1.05. The van der Waals surface area contributed by atoms with Gasteiger partial charge in [-0.3, -0.25) is 4.98 Å². The van der Waals surface area contributed by atoms with Crippen LogP contribution in [0.1, 0.15) is 28.8 Å². The van der Waals surface area contributed by atoms with Crippen LogP contribution in [0.2, 0.25) is 0 Å². The van der Waals surface area contributed by atoms with Crippen LogP contribution in [-0.2, 0) is 13.0 Å². The first kappa shape index (κ1) is 11.3. The lowest BCUT2D eigenvalue weighted by Gasteiger charge is -2.04. The molecule has 6 heteroatoms. The fraction of sp³-hybridized carbons (Fsp3) is 0.273. The molecule has 0 fully saturated rings.